The number of fused-ring (bicyclic) bond motifs is 1. The Morgan fingerprint density at radius 3 is 2.76 bits per heavy atom. The predicted octanol–water partition coefficient (Wildman–Crippen LogP) is 4.19. The first-order chi connectivity index (χ1) is 10.3. The zero-order chi connectivity index (χ0) is 14.7. The van der Waals surface area contributed by atoms with E-state index in [-0.39, 0.29) is 6.04 Å². The highest BCUT2D eigenvalue weighted by Gasteiger charge is 2.29. The molecule has 0 saturated heterocycles. The summed E-state index contributed by atoms with van der Waals surface area (Å²) in [5.74, 6) is 0.934. The van der Waals surface area contributed by atoms with Gasteiger partial charge >= 0.3 is 0 Å². The highest BCUT2D eigenvalue weighted by Crippen LogP contribution is 2.43. The fraction of sp³-hybridized carbons (Fsp3) is 0.333. The molecule has 2 unspecified atom stereocenters. The van der Waals surface area contributed by atoms with Crippen LogP contribution < -0.4 is 10.5 Å². The third-order valence-electron chi connectivity index (χ3n) is 3.81. The number of hydrogen-bond donors (Lipinski definition) is 1. The summed E-state index contributed by atoms with van der Waals surface area (Å²) in [4.78, 5) is 1.37. The van der Waals surface area contributed by atoms with Crippen molar-refractivity contribution in [3.05, 3.63) is 59.7 Å². The molecule has 1 heterocycles. The molecule has 0 aromatic heterocycles. The van der Waals surface area contributed by atoms with Crippen LogP contribution in [-0.4, -0.2) is 11.9 Å². The van der Waals surface area contributed by atoms with Crippen LogP contribution in [0.2, 0.25) is 0 Å². The molecule has 0 bridgehead atoms. The van der Waals surface area contributed by atoms with E-state index < -0.39 is 0 Å². The summed E-state index contributed by atoms with van der Waals surface area (Å²) >= 11 is 1.89. The first-order valence-corrected chi connectivity index (χ1v) is 8.39. The van der Waals surface area contributed by atoms with Crippen molar-refractivity contribution in [3.8, 4) is 5.75 Å². The van der Waals surface area contributed by atoms with Crippen molar-refractivity contribution in [2.75, 3.05) is 6.61 Å². The van der Waals surface area contributed by atoms with Crippen molar-refractivity contribution in [2.24, 2.45) is 5.73 Å². The number of hydrogen-bond acceptors (Lipinski definition) is 3. The van der Waals surface area contributed by atoms with Gasteiger partial charge in [-0.2, -0.15) is 0 Å². The smallest absolute Gasteiger partial charge is 0.124 e. The molecule has 3 rings (SSSR count). The minimum Gasteiger partial charge on any atom is -0.493 e. The van der Waals surface area contributed by atoms with E-state index in [2.05, 4.69) is 37.3 Å². The second-order valence-corrected chi connectivity index (χ2v) is 6.66. The molecule has 0 fully saturated rings. The lowest BCUT2D eigenvalue weighted by molar-refractivity contribution is 0.312. The largest absolute Gasteiger partial charge is 0.493 e. The van der Waals surface area contributed by atoms with Crippen LogP contribution in [0.5, 0.6) is 5.75 Å². The lowest BCUT2D eigenvalue weighted by atomic mass is 9.99. The van der Waals surface area contributed by atoms with Gasteiger partial charge in [0, 0.05) is 21.8 Å². The Morgan fingerprint density at radius 2 is 1.95 bits per heavy atom. The molecule has 0 spiro atoms. The summed E-state index contributed by atoms with van der Waals surface area (Å²) in [6.45, 7) is 2.85. The molecule has 110 valence electrons. The minimum absolute atomic E-state index is 0.00421. The molecule has 3 heteroatoms. The number of nitrogens with two attached hydrogens (primary N) is 1. The maximum absolute atomic E-state index is 6.55. The third-order valence-corrected chi connectivity index (χ3v) is 5.23. The van der Waals surface area contributed by atoms with Gasteiger partial charge in [0.15, 0.2) is 0 Å². The molecule has 2 aromatic rings. The number of thioether (sulfide) groups is 1. The SMILES string of the molecule is CCCOc1ccccc1C(N)C1Cc2ccccc2S1. The molecule has 2 aromatic carbocycles. The zero-order valence-corrected chi connectivity index (χ0v) is 13.1. The third kappa shape index (κ3) is 3.09. The van der Waals surface area contributed by atoms with E-state index in [1.165, 1.54) is 10.5 Å². The molecule has 2 atom stereocenters. The summed E-state index contributed by atoms with van der Waals surface area (Å²) in [7, 11) is 0. The van der Waals surface area contributed by atoms with Gasteiger partial charge in [0.1, 0.15) is 5.75 Å². The standard InChI is InChI=1S/C18H21NOS/c1-2-11-20-15-9-5-4-8-14(15)18(19)17-12-13-7-3-6-10-16(13)21-17/h3-10,17-18H,2,11-12,19H2,1H3. The second-order valence-electron chi connectivity index (χ2n) is 5.38. The average Bonchev–Trinajstić information content (AvgIpc) is 2.96. The van der Waals surface area contributed by atoms with Crippen LogP contribution >= 0.6 is 11.8 Å². The zero-order valence-electron chi connectivity index (χ0n) is 12.3. The van der Waals surface area contributed by atoms with E-state index in [0.29, 0.717) is 5.25 Å². The van der Waals surface area contributed by atoms with Crippen molar-refractivity contribution < 1.29 is 4.74 Å². The Morgan fingerprint density at radius 1 is 1.19 bits per heavy atom. The van der Waals surface area contributed by atoms with Crippen LogP contribution in [0.15, 0.2) is 53.4 Å². The summed E-state index contributed by atoms with van der Waals surface area (Å²) in [6, 6.07) is 16.8. The summed E-state index contributed by atoms with van der Waals surface area (Å²) in [5.41, 5.74) is 9.08. The van der Waals surface area contributed by atoms with Gasteiger partial charge in [-0.3, -0.25) is 0 Å². The van der Waals surface area contributed by atoms with Crippen LogP contribution in [0.25, 0.3) is 0 Å². The van der Waals surface area contributed by atoms with Crippen LogP contribution in [0.1, 0.15) is 30.5 Å². The van der Waals surface area contributed by atoms with Gasteiger partial charge < -0.3 is 10.5 Å². The van der Waals surface area contributed by atoms with Crippen molar-refractivity contribution in [2.45, 2.75) is 36.0 Å². The Kier molecular flexibility index (Phi) is 4.51. The Balaban J connectivity index is 1.79. The fourth-order valence-electron chi connectivity index (χ4n) is 2.71. The molecular weight excluding hydrogens is 278 g/mol. The van der Waals surface area contributed by atoms with Crippen molar-refractivity contribution in [3.63, 3.8) is 0 Å². The first-order valence-electron chi connectivity index (χ1n) is 7.51. The van der Waals surface area contributed by atoms with E-state index >= 15 is 0 Å². The molecule has 0 saturated carbocycles. The maximum atomic E-state index is 6.55. The van der Waals surface area contributed by atoms with Gasteiger partial charge in [0.05, 0.1) is 6.61 Å². The molecular formula is C18H21NOS. The van der Waals surface area contributed by atoms with Crippen molar-refractivity contribution in [1.82, 2.24) is 0 Å². The fourth-order valence-corrected chi connectivity index (χ4v) is 4.05. The highest BCUT2D eigenvalue weighted by atomic mass is 32.2. The Bertz CT molecular complexity index is 589. The minimum atomic E-state index is -0.00421. The molecule has 2 N–H and O–H groups in total. The molecule has 21 heavy (non-hydrogen) atoms. The van der Waals surface area contributed by atoms with Gasteiger partial charge in [-0.05, 0) is 30.5 Å². The average molecular weight is 299 g/mol. The van der Waals surface area contributed by atoms with Crippen molar-refractivity contribution in [1.29, 1.82) is 0 Å². The Hall–Kier alpha value is -1.45. The van der Waals surface area contributed by atoms with E-state index in [9.17, 15) is 0 Å². The topological polar surface area (TPSA) is 35.2 Å². The molecule has 0 amide bonds. The van der Waals surface area contributed by atoms with Gasteiger partial charge in [-0.25, -0.2) is 0 Å². The van der Waals surface area contributed by atoms with Gasteiger partial charge in [0.25, 0.3) is 0 Å². The van der Waals surface area contributed by atoms with Gasteiger partial charge in [-0.1, -0.05) is 43.3 Å². The van der Waals surface area contributed by atoms with E-state index in [1.54, 1.807) is 0 Å². The summed E-state index contributed by atoms with van der Waals surface area (Å²) in [6.07, 6.45) is 2.04. The van der Waals surface area contributed by atoms with Gasteiger partial charge in [0.2, 0.25) is 0 Å². The molecule has 1 aliphatic rings. The lowest BCUT2D eigenvalue weighted by Gasteiger charge is -2.21. The van der Waals surface area contributed by atoms with E-state index in [1.807, 2.05) is 30.0 Å². The quantitative estimate of drug-likeness (QED) is 0.899. The molecule has 0 aliphatic carbocycles. The van der Waals surface area contributed by atoms with Crippen LogP contribution in [0, 0.1) is 0 Å². The molecule has 2 nitrogen and oxygen atoms in total. The van der Waals surface area contributed by atoms with Crippen LogP contribution in [0.4, 0.5) is 0 Å². The van der Waals surface area contributed by atoms with Crippen molar-refractivity contribution >= 4 is 11.8 Å². The van der Waals surface area contributed by atoms with E-state index in [4.69, 9.17) is 10.5 Å². The molecule has 0 radical (unpaired) electrons. The number of para-hydroxylation sites is 1. The number of ether oxygens (including phenoxy) is 1. The maximum Gasteiger partial charge on any atom is 0.124 e. The summed E-state index contributed by atoms with van der Waals surface area (Å²) in [5, 5.41) is 0.383. The number of benzene rings is 2. The Labute approximate surface area is 130 Å². The van der Waals surface area contributed by atoms with Crippen LogP contribution in [0.3, 0.4) is 0 Å². The first kappa shape index (κ1) is 14.5. The highest BCUT2D eigenvalue weighted by molar-refractivity contribution is 8.00. The summed E-state index contributed by atoms with van der Waals surface area (Å²) < 4.78 is 5.85. The van der Waals surface area contributed by atoms with Gasteiger partial charge in [-0.15, -0.1) is 11.8 Å². The lowest BCUT2D eigenvalue weighted by Crippen LogP contribution is -2.24. The van der Waals surface area contributed by atoms with Crippen LogP contribution in [-0.2, 0) is 6.42 Å². The second kappa shape index (κ2) is 6.54. The monoisotopic (exact) mass is 299 g/mol. The molecule has 1 aliphatic heterocycles. The number of rotatable bonds is 5. The van der Waals surface area contributed by atoms with E-state index in [0.717, 1.165) is 30.8 Å². The predicted molar refractivity (Wildman–Crippen MR) is 88.9 cm³/mol. The normalized spacial score (nSPS) is 18.3.